The summed E-state index contributed by atoms with van der Waals surface area (Å²) in [6, 6.07) is 20.1. The highest BCUT2D eigenvalue weighted by molar-refractivity contribution is 5.64. The lowest BCUT2D eigenvalue weighted by atomic mass is 10.2. The average molecular weight is 290 g/mol. The van der Waals surface area contributed by atoms with Crippen LogP contribution >= 0.6 is 0 Å². The maximum atomic E-state index is 4.38. The van der Waals surface area contributed by atoms with Gasteiger partial charge in [0.15, 0.2) is 0 Å². The van der Waals surface area contributed by atoms with Gasteiger partial charge in [0.1, 0.15) is 0 Å². The lowest BCUT2D eigenvalue weighted by Gasteiger charge is -2.09. The van der Waals surface area contributed by atoms with E-state index in [0.29, 0.717) is 5.95 Å². The Balaban J connectivity index is 1.71. The number of nitrogens with one attached hydrogen (secondary N) is 2. The van der Waals surface area contributed by atoms with E-state index in [0.717, 1.165) is 28.5 Å². The van der Waals surface area contributed by atoms with E-state index in [1.54, 1.807) is 0 Å². The maximum Gasteiger partial charge on any atom is 0.227 e. The quantitative estimate of drug-likeness (QED) is 0.738. The van der Waals surface area contributed by atoms with Crippen molar-refractivity contribution in [1.82, 2.24) is 9.97 Å². The van der Waals surface area contributed by atoms with Gasteiger partial charge in [-0.3, -0.25) is 0 Å². The Bertz CT molecular complexity index is 732. The summed E-state index contributed by atoms with van der Waals surface area (Å²) in [5.74, 6) is 0.626. The van der Waals surface area contributed by atoms with E-state index in [1.807, 2.05) is 74.5 Å². The molecule has 4 heteroatoms. The molecule has 0 saturated carbocycles. The zero-order valence-corrected chi connectivity index (χ0v) is 12.7. The molecule has 0 radical (unpaired) electrons. The number of hydrogen-bond donors (Lipinski definition) is 2. The first-order valence-corrected chi connectivity index (χ1v) is 7.20. The Morgan fingerprint density at radius 1 is 0.636 bits per heavy atom. The molecule has 2 N–H and O–H groups in total. The normalized spacial score (nSPS) is 10.3. The van der Waals surface area contributed by atoms with Crippen molar-refractivity contribution in [3.8, 4) is 0 Å². The third-order valence-electron chi connectivity index (χ3n) is 3.19. The van der Waals surface area contributed by atoms with Crippen molar-refractivity contribution in [1.29, 1.82) is 0 Å². The van der Waals surface area contributed by atoms with E-state index < -0.39 is 0 Å². The number of rotatable bonds is 4. The van der Waals surface area contributed by atoms with Crippen LogP contribution in [0.25, 0.3) is 0 Å². The molecule has 0 fully saturated rings. The van der Waals surface area contributed by atoms with Gasteiger partial charge in [-0.1, -0.05) is 18.2 Å². The van der Waals surface area contributed by atoms with Gasteiger partial charge in [0.2, 0.25) is 5.95 Å². The first kappa shape index (κ1) is 14.1. The number of aromatic nitrogens is 2. The molecule has 3 aromatic rings. The molecule has 0 aliphatic carbocycles. The molecule has 0 saturated heterocycles. The van der Waals surface area contributed by atoms with Gasteiger partial charge in [-0.15, -0.1) is 0 Å². The Morgan fingerprint density at radius 3 is 1.73 bits per heavy atom. The Hall–Kier alpha value is -2.88. The predicted molar refractivity (Wildman–Crippen MR) is 91.0 cm³/mol. The van der Waals surface area contributed by atoms with Crippen LogP contribution in [0, 0.1) is 13.8 Å². The van der Waals surface area contributed by atoms with Crippen LogP contribution < -0.4 is 10.6 Å². The van der Waals surface area contributed by atoms with Crippen molar-refractivity contribution >= 4 is 23.0 Å². The first-order valence-electron chi connectivity index (χ1n) is 7.20. The molecule has 0 unspecified atom stereocenters. The van der Waals surface area contributed by atoms with Gasteiger partial charge in [0.25, 0.3) is 0 Å². The number of aryl methyl sites for hydroxylation is 2. The van der Waals surface area contributed by atoms with Gasteiger partial charge in [-0.05, 0) is 56.3 Å². The standard InChI is InChI=1S/C18H18N4/c1-13-12-14(2)20-18(19-13)22-17-10-8-16(9-11-17)21-15-6-4-3-5-7-15/h3-12,21H,1-2H3,(H,19,20,22). The molecule has 0 amide bonds. The van der Waals surface area contributed by atoms with Gasteiger partial charge < -0.3 is 10.6 Å². The molecule has 2 aromatic carbocycles. The van der Waals surface area contributed by atoms with Crippen molar-refractivity contribution in [2.24, 2.45) is 0 Å². The lowest BCUT2D eigenvalue weighted by molar-refractivity contribution is 1.06. The molecule has 22 heavy (non-hydrogen) atoms. The van der Waals surface area contributed by atoms with Crippen LogP contribution in [0.5, 0.6) is 0 Å². The molecule has 3 rings (SSSR count). The number of benzene rings is 2. The number of anilines is 4. The molecule has 1 heterocycles. The molecule has 0 bridgehead atoms. The number of nitrogens with zero attached hydrogens (tertiary/aromatic N) is 2. The second kappa shape index (κ2) is 6.26. The third-order valence-corrected chi connectivity index (χ3v) is 3.19. The Morgan fingerprint density at radius 2 is 1.14 bits per heavy atom. The molecular formula is C18H18N4. The van der Waals surface area contributed by atoms with E-state index in [-0.39, 0.29) is 0 Å². The van der Waals surface area contributed by atoms with E-state index in [2.05, 4.69) is 20.6 Å². The lowest BCUT2D eigenvalue weighted by Crippen LogP contribution is -2.00. The van der Waals surface area contributed by atoms with Gasteiger partial charge in [-0.25, -0.2) is 9.97 Å². The van der Waals surface area contributed by atoms with E-state index in [1.165, 1.54) is 0 Å². The minimum absolute atomic E-state index is 0.626. The summed E-state index contributed by atoms with van der Waals surface area (Å²) < 4.78 is 0. The summed E-state index contributed by atoms with van der Waals surface area (Å²) >= 11 is 0. The van der Waals surface area contributed by atoms with E-state index in [4.69, 9.17) is 0 Å². The second-order valence-electron chi connectivity index (χ2n) is 5.17. The highest BCUT2D eigenvalue weighted by Gasteiger charge is 2.01. The van der Waals surface area contributed by atoms with Crippen LogP contribution in [0.15, 0.2) is 60.7 Å². The molecule has 1 aromatic heterocycles. The van der Waals surface area contributed by atoms with Crippen LogP contribution in [-0.2, 0) is 0 Å². The van der Waals surface area contributed by atoms with Gasteiger partial charge in [0, 0.05) is 28.5 Å². The summed E-state index contributed by atoms with van der Waals surface area (Å²) in [6.07, 6.45) is 0. The summed E-state index contributed by atoms with van der Waals surface area (Å²) in [6.45, 7) is 3.93. The van der Waals surface area contributed by atoms with Crippen molar-refractivity contribution in [2.75, 3.05) is 10.6 Å². The van der Waals surface area contributed by atoms with E-state index >= 15 is 0 Å². The summed E-state index contributed by atoms with van der Waals surface area (Å²) in [5, 5.41) is 6.58. The molecular weight excluding hydrogens is 272 g/mol. The van der Waals surface area contributed by atoms with Crippen molar-refractivity contribution in [2.45, 2.75) is 13.8 Å². The monoisotopic (exact) mass is 290 g/mol. The Labute approximate surface area is 130 Å². The zero-order valence-electron chi connectivity index (χ0n) is 12.7. The molecule has 0 spiro atoms. The molecule has 110 valence electrons. The van der Waals surface area contributed by atoms with Crippen LogP contribution in [0.1, 0.15) is 11.4 Å². The molecule has 0 aliphatic heterocycles. The smallest absolute Gasteiger partial charge is 0.227 e. The number of para-hydroxylation sites is 1. The highest BCUT2D eigenvalue weighted by atomic mass is 15.1. The highest BCUT2D eigenvalue weighted by Crippen LogP contribution is 2.20. The molecule has 4 nitrogen and oxygen atoms in total. The largest absolute Gasteiger partial charge is 0.356 e. The van der Waals surface area contributed by atoms with Crippen molar-refractivity contribution < 1.29 is 0 Å². The van der Waals surface area contributed by atoms with Crippen LogP contribution in [0.4, 0.5) is 23.0 Å². The second-order valence-corrected chi connectivity index (χ2v) is 5.17. The molecule has 0 aliphatic rings. The summed E-state index contributed by atoms with van der Waals surface area (Å²) in [4.78, 5) is 8.76. The minimum Gasteiger partial charge on any atom is -0.356 e. The van der Waals surface area contributed by atoms with Crippen LogP contribution in [0.3, 0.4) is 0 Å². The van der Waals surface area contributed by atoms with Crippen molar-refractivity contribution in [3.05, 3.63) is 72.1 Å². The summed E-state index contributed by atoms with van der Waals surface area (Å²) in [7, 11) is 0. The van der Waals surface area contributed by atoms with Crippen molar-refractivity contribution in [3.63, 3.8) is 0 Å². The van der Waals surface area contributed by atoms with Gasteiger partial charge in [-0.2, -0.15) is 0 Å². The zero-order chi connectivity index (χ0) is 15.4. The first-order chi connectivity index (χ1) is 10.7. The Kier molecular flexibility index (Phi) is 4.01. The molecule has 0 atom stereocenters. The van der Waals surface area contributed by atoms with Gasteiger partial charge >= 0.3 is 0 Å². The number of hydrogen-bond acceptors (Lipinski definition) is 4. The predicted octanol–water partition coefficient (Wildman–Crippen LogP) is 4.58. The van der Waals surface area contributed by atoms with Crippen LogP contribution in [0.2, 0.25) is 0 Å². The third kappa shape index (κ3) is 3.61. The topological polar surface area (TPSA) is 49.8 Å². The fourth-order valence-electron chi connectivity index (χ4n) is 2.24. The van der Waals surface area contributed by atoms with Crippen LogP contribution in [-0.4, -0.2) is 9.97 Å². The summed E-state index contributed by atoms with van der Waals surface area (Å²) in [5.41, 5.74) is 4.98. The van der Waals surface area contributed by atoms with Gasteiger partial charge in [0.05, 0.1) is 0 Å². The van der Waals surface area contributed by atoms with E-state index in [9.17, 15) is 0 Å². The fourth-order valence-corrected chi connectivity index (χ4v) is 2.24. The average Bonchev–Trinajstić information content (AvgIpc) is 2.49. The minimum atomic E-state index is 0.626. The maximum absolute atomic E-state index is 4.38. The SMILES string of the molecule is Cc1cc(C)nc(Nc2ccc(Nc3ccccc3)cc2)n1. The fraction of sp³-hybridized carbons (Fsp3) is 0.111.